The van der Waals surface area contributed by atoms with Gasteiger partial charge in [-0.3, -0.25) is 0 Å². The number of carbonyl (C=O) groups excluding carboxylic acids is 1. The maximum atomic E-state index is 11.0. The average Bonchev–Trinajstić information content (AvgIpc) is 3.10. The van der Waals surface area contributed by atoms with Gasteiger partial charge in [-0.15, -0.1) is 0 Å². The molecule has 0 atom stereocenters. The Hall–Kier alpha value is -0.860. The van der Waals surface area contributed by atoms with Gasteiger partial charge in [0.25, 0.3) is 0 Å². The zero-order valence-corrected chi connectivity index (χ0v) is 10.9. The summed E-state index contributed by atoms with van der Waals surface area (Å²) in [7, 11) is 0. The molecule has 2 nitrogen and oxygen atoms in total. The molecular formula is C14H18ClNO. The van der Waals surface area contributed by atoms with E-state index in [4.69, 9.17) is 11.6 Å². The maximum Gasteiger partial charge on any atom is 0.130 e. The zero-order valence-electron chi connectivity index (χ0n) is 10.1. The van der Waals surface area contributed by atoms with Crippen LogP contribution in [0.4, 0.5) is 0 Å². The molecule has 2 rings (SSSR count). The van der Waals surface area contributed by atoms with Crippen LogP contribution in [0.2, 0.25) is 5.02 Å². The maximum absolute atomic E-state index is 11.0. The monoisotopic (exact) mass is 251 g/mol. The van der Waals surface area contributed by atoms with Crippen molar-refractivity contribution in [3.8, 4) is 0 Å². The number of hydrogen-bond donors (Lipinski definition) is 1. The van der Waals surface area contributed by atoms with E-state index in [-0.39, 0.29) is 5.78 Å². The zero-order chi connectivity index (χ0) is 12.3. The largest absolute Gasteiger partial charge is 0.310 e. The van der Waals surface area contributed by atoms with Crippen LogP contribution in [0.25, 0.3) is 0 Å². The van der Waals surface area contributed by atoms with E-state index in [0.29, 0.717) is 12.5 Å². The average molecular weight is 252 g/mol. The molecule has 0 amide bonds. The lowest BCUT2D eigenvalue weighted by Crippen LogP contribution is -2.15. The van der Waals surface area contributed by atoms with Gasteiger partial charge in [0.1, 0.15) is 5.78 Å². The molecular weight excluding hydrogens is 234 g/mol. The van der Waals surface area contributed by atoms with Gasteiger partial charge in [-0.25, -0.2) is 0 Å². The van der Waals surface area contributed by atoms with Crippen LogP contribution in [-0.2, 0) is 17.8 Å². The molecule has 0 aromatic heterocycles. The third-order valence-electron chi connectivity index (χ3n) is 3.03. The molecule has 1 fully saturated rings. The Bertz CT molecular complexity index is 413. The number of ketones is 1. The predicted molar refractivity (Wildman–Crippen MR) is 70.3 cm³/mol. The summed E-state index contributed by atoms with van der Waals surface area (Å²) < 4.78 is 0. The highest BCUT2D eigenvalue weighted by Crippen LogP contribution is 2.22. The number of carbonyl (C=O) groups is 1. The molecule has 1 aliphatic carbocycles. The van der Waals surface area contributed by atoms with Crippen LogP contribution < -0.4 is 5.32 Å². The van der Waals surface area contributed by atoms with Gasteiger partial charge in [0, 0.05) is 24.0 Å². The first kappa shape index (κ1) is 12.6. The molecule has 0 spiro atoms. The summed E-state index contributed by atoms with van der Waals surface area (Å²) in [5.41, 5.74) is 2.33. The van der Waals surface area contributed by atoms with Crippen LogP contribution >= 0.6 is 11.6 Å². The summed E-state index contributed by atoms with van der Waals surface area (Å²) in [6.45, 7) is 2.46. The number of rotatable bonds is 6. The van der Waals surface area contributed by atoms with Crippen molar-refractivity contribution in [1.29, 1.82) is 0 Å². The van der Waals surface area contributed by atoms with E-state index >= 15 is 0 Å². The Balaban J connectivity index is 1.97. The highest BCUT2D eigenvalue weighted by Gasteiger charge is 2.20. The van der Waals surface area contributed by atoms with E-state index < -0.39 is 0 Å². The molecule has 0 bridgehead atoms. The number of aryl methyl sites for hydroxylation is 1. The first-order valence-corrected chi connectivity index (χ1v) is 6.53. The lowest BCUT2D eigenvalue weighted by molar-refractivity contribution is -0.116. The number of nitrogens with one attached hydrogen (secondary N) is 1. The highest BCUT2D eigenvalue weighted by molar-refractivity contribution is 6.31. The van der Waals surface area contributed by atoms with Crippen molar-refractivity contribution in [3.63, 3.8) is 0 Å². The molecule has 17 heavy (non-hydrogen) atoms. The normalized spacial score (nSPS) is 14.9. The molecule has 0 unspecified atom stereocenters. The van der Waals surface area contributed by atoms with E-state index in [0.717, 1.165) is 23.6 Å². The van der Waals surface area contributed by atoms with E-state index in [1.165, 1.54) is 18.4 Å². The van der Waals surface area contributed by atoms with Crippen molar-refractivity contribution >= 4 is 17.4 Å². The van der Waals surface area contributed by atoms with Gasteiger partial charge < -0.3 is 10.1 Å². The third-order valence-corrected chi connectivity index (χ3v) is 3.40. The molecule has 3 heteroatoms. The third kappa shape index (κ3) is 4.14. The molecule has 1 aromatic carbocycles. The summed E-state index contributed by atoms with van der Waals surface area (Å²) in [5, 5.41) is 4.26. The minimum Gasteiger partial charge on any atom is -0.310 e. The fourth-order valence-corrected chi connectivity index (χ4v) is 1.97. The Morgan fingerprint density at radius 2 is 2.24 bits per heavy atom. The Labute approximate surface area is 107 Å². The van der Waals surface area contributed by atoms with Crippen molar-refractivity contribution in [2.45, 2.75) is 45.2 Å². The van der Waals surface area contributed by atoms with Gasteiger partial charge in [-0.2, -0.15) is 0 Å². The fourth-order valence-electron chi connectivity index (χ4n) is 1.78. The highest BCUT2D eigenvalue weighted by atomic mass is 35.5. The van der Waals surface area contributed by atoms with Crippen molar-refractivity contribution < 1.29 is 4.79 Å². The molecule has 0 heterocycles. The van der Waals surface area contributed by atoms with E-state index in [9.17, 15) is 4.79 Å². The molecule has 0 radical (unpaired) electrons. The molecule has 1 saturated carbocycles. The minimum absolute atomic E-state index is 0.234. The van der Waals surface area contributed by atoms with Gasteiger partial charge >= 0.3 is 0 Å². The lowest BCUT2D eigenvalue weighted by Gasteiger charge is -2.08. The second-order valence-corrected chi connectivity index (χ2v) is 5.19. The number of halogens is 1. The Morgan fingerprint density at radius 1 is 1.47 bits per heavy atom. The molecule has 0 aliphatic heterocycles. The number of hydrogen-bond acceptors (Lipinski definition) is 2. The fraction of sp³-hybridized carbons (Fsp3) is 0.500. The summed E-state index contributed by atoms with van der Waals surface area (Å²) in [4.78, 5) is 11.0. The second kappa shape index (κ2) is 5.65. The molecule has 0 saturated heterocycles. The summed E-state index contributed by atoms with van der Waals surface area (Å²) in [6, 6.07) is 6.74. The molecule has 92 valence electrons. The summed E-state index contributed by atoms with van der Waals surface area (Å²) in [6.07, 6.45) is 3.98. The second-order valence-electron chi connectivity index (χ2n) is 4.78. The Morgan fingerprint density at radius 3 is 2.88 bits per heavy atom. The van der Waals surface area contributed by atoms with Crippen LogP contribution in [0.1, 0.15) is 37.3 Å². The van der Waals surface area contributed by atoms with E-state index in [1.807, 2.05) is 12.1 Å². The molecule has 1 aliphatic rings. The van der Waals surface area contributed by atoms with Gasteiger partial charge in [0.15, 0.2) is 0 Å². The SMILES string of the molecule is CC(=O)CCc1ccc(Cl)c(CNC2CC2)c1. The van der Waals surface area contributed by atoms with Crippen molar-refractivity contribution in [1.82, 2.24) is 5.32 Å². The van der Waals surface area contributed by atoms with Crippen molar-refractivity contribution in [3.05, 3.63) is 34.3 Å². The first-order chi connectivity index (χ1) is 8.15. The van der Waals surface area contributed by atoms with Gasteiger partial charge in [-0.05, 0) is 43.4 Å². The van der Waals surface area contributed by atoms with Gasteiger partial charge in [0.05, 0.1) is 0 Å². The van der Waals surface area contributed by atoms with Crippen LogP contribution in [0.15, 0.2) is 18.2 Å². The van der Waals surface area contributed by atoms with Crippen molar-refractivity contribution in [2.75, 3.05) is 0 Å². The number of benzene rings is 1. The van der Waals surface area contributed by atoms with E-state index in [2.05, 4.69) is 11.4 Å². The van der Waals surface area contributed by atoms with Crippen molar-refractivity contribution in [2.24, 2.45) is 0 Å². The lowest BCUT2D eigenvalue weighted by atomic mass is 10.0. The van der Waals surface area contributed by atoms with Crippen LogP contribution in [0.5, 0.6) is 0 Å². The van der Waals surface area contributed by atoms with Gasteiger partial charge in [-0.1, -0.05) is 23.7 Å². The minimum atomic E-state index is 0.234. The molecule has 1 N–H and O–H groups in total. The van der Waals surface area contributed by atoms with E-state index in [1.54, 1.807) is 6.92 Å². The van der Waals surface area contributed by atoms with Crippen LogP contribution in [0, 0.1) is 0 Å². The summed E-state index contributed by atoms with van der Waals surface area (Å²) in [5.74, 6) is 0.234. The van der Waals surface area contributed by atoms with Gasteiger partial charge in [0.2, 0.25) is 0 Å². The van der Waals surface area contributed by atoms with Crippen LogP contribution in [0.3, 0.4) is 0 Å². The molecule has 1 aromatic rings. The van der Waals surface area contributed by atoms with Crippen LogP contribution in [-0.4, -0.2) is 11.8 Å². The summed E-state index contributed by atoms with van der Waals surface area (Å²) >= 11 is 6.16. The Kier molecular flexibility index (Phi) is 4.19. The predicted octanol–water partition coefficient (Wildman–Crippen LogP) is 3.11. The smallest absolute Gasteiger partial charge is 0.130 e. The first-order valence-electron chi connectivity index (χ1n) is 6.15. The quantitative estimate of drug-likeness (QED) is 0.842. The number of Topliss-reactive ketones (excluding diaryl/α,β-unsaturated/α-hetero) is 1. The topological polar surface area (TPSA) is 29.1 Å². The standard InChI is InChI=1S/C14H18ClNO/c1-10(17)2-3-11-4-7-14(15)12(8-11)9-16-13-5-6-13/h4,7-8,13,16H,2-3,5-6,9H2,1H3.